The van der Waals surface area contributed by atoms with Crippen molar-refractivity contribution < 1.29 is 13.6 Å². The van der Waals surface area contributed by atoms with Gasteiger partial charge < -0.3 is 15.1 Å². The van der Waals surface area contributed by atoms with E-state index in [1.165, 1.54) is 23.3 Å². The molecule has 0 radical (unpaired) electrons. The van der Waals surface area contributed by atoms with Crippen LogP contribution in [0.2, 0.25) is 0 Å². The Kier molecular flexibility index (Phi) is 5.21. The maximum atomic E-state index is 13.1. The quantitative estimate of drug-likeness (QED) is 0.719. The minimum Gasteiger partial charge on any atom is -0.438 e. The minimum absolute atomic E-state index is 0.158. The summed E-state index contributed by atoms with van der Waals surface area (Å²) in [6, 6.07) is 11.5. The summed E-state index contributed by atoms with van der Waals surface area (Å²) in [6.45, 7) is 3.66. The van der Waals surface area contributed by atoms with E-state index in [1.807, 2.05) is 25.1 Å². The van der Waals surface area contributed by atoms with Crippen LogP contribution < -0.4 is 10.6 Å². The number of nitrogens with one attached hydrogen (secondary N) is 2. The maximum Gasteiger partial charge on any atom is 0.251 e. The molecule has 0 saturated heterocycles. The number of amides is 1. The van der Waals surface area contributed by atoms with E-state index >= 15 is 0 Å². The number of nitrogens with zero attached hydrogens (tertiary/aromatic N) is 1. The van der Waals surface area contributed by atoms with E-state index < -0.39 is 0 Å². The van der Waals surface area contributed by atoms with Crippen LogP contribution in [0.25, 0.3) is 11.3 Å². The summed E-state index contributed by atoms with van der Waals surface area (Å²) >= 11 is 0. The summed E-state index contributed by atoms with van der Waals surface area (Å²) in [7, 11) is 0. The molecule has 2 N–H and O–H groups in total. The Morgan fingerprint density at radius 3 is 2.86 bits per heavy atom. The lowest BCUT2D eigenvalue weighted by Crippen LogP contribution is -2.27. The van der Waals surface area contributed by atoms with Crippen molar-refractivity contribution in [2.24, 2.45) is 0 Å². The Morgan fingerprint density at radius 2 is 2.04 bits per heavy atom. The third-order valence-corrected chi connectivity index (χ3v) is 4.95. The Hall–Kier alpha value is -2.99. The molecule has 28 heavy (non-hydrogen) atoms. The van der Waals surface area contributed by atoms with Crippen molar-refractivity contribution in [1.82, 2.24) is 15.6 Å². The molecule has 1 aromatic heterocycles. The number of aromatic nitrogens is 1. The topological polar surface area (TPSA) is 67.2 Å². The number of benzene rings is 2. The molecule has 0 spiro atoms. The SMILES string of the molecule is CC(NC(=O)c1ccc2c(c1)CCCNC2)c1ncc(-c2ccc(F)cc2)o1. The average Bonchev–Trinajstić information content (AvgIpc) is 3.07. The standard InChI is InChI=1S/C22H22FN3O2/c1-14(22-25-13-20(28-22)15-6-8-19(23)9-7-15)26-21(27)17-4-5-18-12-24-10-2-3-16(18)11-17/h4-9,11,13-14,24H,2-3,10,12H2,1H3,(H,26,27). The summed E-state index contributed by atoms with van der Waals surface area (Å²) in [5.41, 5.74) is 3.84. The first-order chi connectivity index (χ1) is 13.6. The van der Waals surface area contributed by atoms with E-state index in [0.29, 0.717) is 17.2 Å². The molecule has 3 aromatic rings. The van der Waals surface area contributed by atoms with Gasteiger partial charge in [-0.1, -0.05) is 6.07 Å². The second kappa shape index (κ2) is 7.94. The summed E-state index contributed by atoms with van der Waals surface area (Å²) in [6.07, 6.45) is 3.62. The van der Waals surface area contributed by atoms with Crippen LogP contribution in [0, 0.1) is 5.82 Å². The molecular weight excluding hydrogens is 357 g/mol. The molecule has 0 aliphatic carbocycles. The van der Waals surface area contributed by atoms with E-state index in [4.69, 9.17) is 4.42 Å². The Morgan fingerprint density at radius 1 is 1.21 bits per heavy atom. The van der Waals surface area contributed by atoms with Crippen LogP contribution in [0.5, 0.6) is 0 Å². The van der Waals surface area contributed by atoms with Crippen LogP contribution in [-0.2, 0) is 13.0 Å². The molecule has 1 aliphatic heterocycles. The van der Waals surface area contributed by atoms with Gasteiger partial charge in [0.25, 0.3) is 5.91 Å². The number of rotatable bonds is 4. The summed E-state index contributed by atoms with van der Waals surface area (Å²) in [4.78, 5) is 16.9. The lowest BCUT2D eigenvalue weighted by atomic mass is 10.0. The third-order valence-electron chi connectivity index (χ3n) is 4.95. The van der Waals surface area contributed by atoms with Crippen molar-refractivity contribution in [3.05, 3.63) is 77.1 Å². The maximum absolute atomic E-state index is 13.1. The van der Waals surface area contributed by atoms with Gasteiger partial charge in [-0.3, -0.25) is 4.79 Å². The molecule has 1 amide bonds. The minimum atomic E-state index is -0.387. The molecule has 4 rings (SSSR count). The van der Waals surface area contributed by atoms with Gasteiger partial charge >= 0.3 is 0 Å². The van der Waals surface area contributed by atoms with E-state index in [-0.39, 0.29) is 17.8 Å². The van der Waals surface area contributed by atoms with Crippen molar-refractivity contribution in [2.45, 2.75) is 32.4 Å². The fraction of sp³-hybridized carbons (Fsp3) is 0.273. The van der Waals surface area contributed by atoms with Gasteiger partial charge in [0.2, 0.25) is 5.89 Å². The molecule has 6 heteroatoms. The summed E-state index contributed by atoms with van der Waals surface area (Å²) in [5.74, 6) is 0.481. The van der Waals surface area contributed by atoms with Gasteiger partial charge in [-0.2, -0.15) is 0 Å². The van der Waals surface area contributed by atoms with Gasteiger partial charge in [0.1, 0.15) is 11.9 Å². The van der Waals surface area contributed by atoms with Crippen LogP contribution in [0.4, 0.5) is 4.39 Å². The molecule has 0 saturated carbocycles. The normalized spacial score (nSPS) is 14.8. The monoisotopic (exact) mass is 379 g/mol. The largest absolute Gasteiger partial charge is 0.438 e. The molecular formula is C22H22FN3O2. The second-order valence-corrected chi connectivity index (χ2v) is 7.03. The van der Waals surface area contributed by atoms with Crippen LogP contribution in [-0.4, -0.2) is 17.4 Å². The highest BCUT2D eigenvalue weighted by Gasteiger charge is 2.18. The van der Waals surface area contributed by atoms with Crippen LogP contribution >= 0.6 is 0 Å². The molecule has 0 fully saturated rings. The van der Waals surface area contributed by atoms with Gasteiger partial charge in [-0.15, -0.1) is 0 Å². The highest BCUT2D eigenvalue weighted by Crippen LogP contribution is 2.24. The molecule has 2 aromatic carbocycles. The number of oxazole rings is 1. The Labute approximate surface area is 163 Å². The van der Waals surface area contributed by atoms with Crippen molar-refractivity contribution in [3.63, 3.8) is 0 Å². The molecule has 1 unspecified atom stereocenters. The number of hydrogen-bond acceptors (Lipinski definition) is 4. The number of carbonyl (C=O) groups excluding carboxylic acids is 1. The van der Waals surface area contributed by atoms with E-state index in [1.54, 1.807) is 18.3 Å². The predicted octanol–water partition coefficient (Wildman–Crippen LogP) is 4.01. The first-order valence-corrected chi connectivity index (χ1v) is 9.45. The predicted molar refractivity (Wildman–Crippen MR) is 104 cm³/mol. The number of carbonyl (C=O) groups is 1. The van der Waals surface area contributed by atoms with E-state index in [2.05, 4.69) is 15.6 Å². The third kappa shape index (κ3) is 3.97. The van der Waals surface area contributed by atoms with Gasteiger partial charge in [0, 0.05) is 17.7 Å². The van der Waals surface area contributed by atoms with E-state index in [0.717, 1.165) is 31.5 Å². The summed E-state index contributed by atoms with van der Waals surface area (Å²) in [5, 5.41) is 6.32. The first-order valence-electron chi connectivity index (χ1n) is 9.45. The lowest BCUT2D eigenvalue weighted by molar-refractivity contribution is 0.0934. The smallest absolute Gasteiger partial charge is 0.251 e. The molecule has 144 valence electrons. The van der Waals surface area contributed by atoms with Crippen LogP contribution in [0.1, 0.15) is 46.8 Å². The fourth-order valence-electron chi connectivity index (χ4n) is 3.38. The molecule has 5 nitrogen and oxygen atoms in total. The number of halogens is 1. The zero-order valence-electron chi connectivity index (χ0n) is 15.7. The van der Waals surface area contributed by atoms with Crippen LogP contribution in [0.3, 0.4) is 0 Å². The van der Waals surface area contributed by atoms with Gasteiger partial charge in [0.15, 0.2) is 5.76 Å². The first kappa shape index (κ1) is 18.4. The summed E-state index contributed by atoms with van der Waals surface area (Å²) < 4.78 is 18.8. The number of fused-ring (bicyclic) bond motifs is 1. The van der Waals surface area contributed by atoms with E-state index in [9.17, 15) is 9.18 Å². The molecule has 1 aliphatic rings. The Balaban J connectivity index is 1.46. The van der Waals surface area contributed by atoms with Crippen LogP contribution in [0.15, 0.2) is 53.1 Å². The lowest BCUT2D eigenvalue weighted by Gasteiger charge is -2.12. The molecule has 1 atom stereocenters. The van der Waals surface area contributed by atoms with Gasteiger partial charge in [0.05, 0.1) is 6.20 Å². The fourth-order valence-corrected chi connectivity index (χ4v) is 3.38. The highest BCUT2D eigenvalue weighted by atomic mass is 19.1. The van der Waals surface area contributed by atoms with Crippen molar-refractivity contribution in [1.29, 1.82) is 0 Å². The zero-order chi connectivity index (χ0) is 19.5. The van der Waals surface area contributed by atoms with Crippen molar-refractivity contribution >= 4 is 5.91 Å². The highest BCUT2D eigenvalue weighted by molar-refractivity contribution is 5.94. The number of hydrogen-bond donors (Lipinski definition) is 2. The number of aryl methyl sites for hydroxylation is 1. The average molecular weight is 379 g/mol. The van der Waals surface area contributed by atoms with Gasteiger partial charge in [-0.05, 0) is 73.8 Å². The molecule has 0 bridgehead atoms. The second-order valence-electron chi connectivity index (χ2n) is 7.03. The zero-order valence-corrected chi connectivity index (χ0v) is 15.7. The Bertz CT molecular complexity index is 982. The molecule has 2 heterocycles. The van der Waals surface area contributed by atoms with Crippen molar-refractivity contribution in [3.8, 4) is 11.3 Å². The van der Waals surface area contributed by atoms with Gasteiger partial charge in [-0.25, -0.2) is 9.37 Å². The van der Waals surface area contributed by atoms with Crippen molar-refractivity contribution in [2.75, 3.05) is 6.54 Å².